The number of aliphatic hydroxyl groups excluding tert-OH is 4. The Labute approximate surface area is 492 Å². The molecule has 2 bridgehead atoms. The van der Waals surface area contributed by atoms with Crippen molar-refractivity contribution < 1.29 is 49.6 Å². The number of nitrogens with one attached hydrogen (secondary N) is 2. The number of fused-ring (bicyclic) bond motifs is 5. The third-order valence-corrected chi connectivity index (χ3v) is 24.4. The van der Waals surface area contributed by atoms with Gasteiger partial charge in [-0.25, -0.2) is 0 Å². The quantitative estimate of drug-likeness (QED) is 0.0451. The molecule has 3 aliphatic carbocycles. The SMILES string of the molecule is CCc1ccc2cccc3c2c1Cc1c(ccc(O)c1OC)C[C@@H](Cc1cc[nH]c1)[C@H](O)[C@@H]1C(=O)[C@@](c2cc(O)cc(C4(NC)CCCC4)c2)([C@H]2CSSC[C@H]4CCCC[C@@H]4Oc4cc2ccc4OCO)[C@H](O)C[C@H]1CSS[C@H]3CO. The van der Waals surface area contributed by atoms with Gasteiger partial charge in [0.2, 0.25) is 0 Å². The minimum absolute atomic E-state index is 0.000692. The first-order chi connectivity index (χ1) is 39.4. The molecule has 16 heteroatoms. The number of aromatic hydroxyl groups is 2. The third kappa shape index (κ3) is 11.2. The Hall–Kier alpha value is -4.49. The molecule has 81 heavy (non-hydrogen) atoms. The normalized spacial score (nSPS) is 28.0. The van der Waals surface area contributed by atoms with Gasteiger partial charge in [-0.05, 0) is 168 Å². The summed E-state index contributed by atoms with van der Waals surface area (Å²) >= 11 is 0. The lowest BCUT2D eigenvalue weighted by atomic mass is 9.52. The molecule has 5 aliphatic rings. The zero-order chi connectivity index (χ0) is 56.4. The monoisotopic (exact) mass is 1170 g/mol. The van der Waals surface area contributed by atoms with E-state index < -0.39 is 53.6 Å². The van der Waals surface area contributed by atoms with Gasteiger partial charge in [-0.2, -0.15) is 0 Å². The lowest BCUT2D eigenvalue weighted by molar-refractivity contribution is -0.150. The number of ketones is 1. The highest BCUT2D eigenvalue weighted by Crippen LogP contribution is 2.58. The number of aryl methyl sites for hydroxylation is 1. The Morgan fingerprint density at radius 2 is 1.65 bits per heavy atom. The highest BCUT2D eigenvalue weighted by atomic mass is 33.1. The fourth-order valence-corrected chi connectivity index (χ4v) is 20.6. The van der Waals surface area contributed by atoms with Crippen LogP contribution in [-0.4, -0.2) is 105 Å². The Kier molecular flexibility index (Phi) is 18.3. The van der Waals surface area contributed by atoms with Gasteiger partial charge in [0.15, 0.2) is 35.6 Å². The molecule has 12 nitrogen and oxygen atoms in total. The molecule has 0 spiro atoms. The first-order valence-corrected chi connectivity index (χ1v) is 34.0. The number of H-pyrrole nitrogens is 1. The number of aromatic nitrogens is 1. The molecular weight excluding hydrogens is 1100 g/mol. The Morgan fingerprint density at radius 3 is 2.42 bits per heavy atom. The predicted octanol–water partition coefficient (Wildman–Crippen LogP) is 11.9. The summed E-state index contributed by atoms with van der Waals surface area (Å²) in [5, 5.41) is 78.5. The van der Waals surface area contributed by atoms with Crippen LogP contribution in [0.25, 0.3) is 10.8 Å². The number of rotatable bonds is 11. The molecule has 432 valence electrons. The fourth-order valence-electron chi connectivity index (χ4n) is 14.9. The van der Waals surface area contributed by atoms with Crippen molar-refractivity contribution in [3.05, 3.63) is 147 Å². The van der Waals surface area contributed by atoms with Gasteiger partial charge in [0.25, 0.3) is 0 Å². The topological polar surface area (TPSA) is 194 Å². The molecule has 2 aliphatic heterocycles. The van der Waals surface area contributed by atoms with Gasteiger partial charge in [-0.3, -0.25) is 4.79 Å². The van der Waals surface area contributed by atoms with Gasteiger partial charge in [0, 0.05) is 64.9 Å². The zero-order valence-electron chi connectivity index (χ0n) is 46.6. The molecule has 8 N–H and O–H groups in total. The van der Waals surface area contributed by atoms with Crippen molar-refractivity contribution in [1.82, 2.24) is 10.3 Å². The van der Waals surface area contributed by atoms with Gasteiger partial charge >= 0.3 is 0 Å². The number of carbonyl (C=O) groups is 1. The number of ether oxygens (including phenoxy) is 3. The molecule has 0 amide bonds. The number of hydrogen-bond acceptors (Lipinski definition) is 15. The molecule has 3 saturated carbocycles. The van der Waals surface area contributed by atoms with E-state index in [9.17, 15) is 30.6 Å². The molecule has 10 atom stereocenters. The summed E-state index contributed by atoms with van der Waals surface area (Å²) in [6.07, 6.45) is 10.8. The summed E-state index contributed by atoms with van der Waals surface area (Å²) < 4.78 is 19.0. The van der Waals surface area contributed by atoms with Crippen molar-refractivity contribution in [2.24, 2.45) is 23.7 Å². The number of aromatic amines is 1. The zero-order valence-corrected chi connectivity index (χ0v) is 49.9. The maximum absolute atomic E-state index is 17.5. The number of benzene rings is 5. The van der Waals surface area contributed by atoms with Gasteiger partial charge in [0.1, 0.15) is 11.9 Å². The first-order valence-electron chi connectivity index (χ1n) is 29.1. The maximum atomic E-state index is 17.5. The highest BCUT2D eigenvalue weighted by Gasteiger charge is 2.62. The summed E-state index contributed by atoms with van der Waals surface area (Å²) in [5.74, 6) is -0.101. The summed E-state index contributed by atoms with van der Waals surface area (Å²) in [5.41, 5.74) is 5.69. The smallest absolute Gasteiger partial charge is 0.186 e. The van der Waals surface area contributed by atoms with Gasteiger partial charge in [-0.15, -0.1) is 0 Å². The highest BCUT2D eigenvalue weighted by molar-refractivity contribution is 8.77. The van der Waals surface area contributed by atoms with Crippen LogP contribution in [0.4, 0.5) is 0 Å². The molecule has 5 aromatic carbocycles. The van der Waals surface area contributed by atoms with Crippen LogP contribution in [0.15, 0.2) is 97.3 Å². The lowest BCUT2D eigenvalue weighted by Crippen LogP contribution is -2.62. The number of phenols is 2. The predicted molar refractivity (Wildman–Crippen MR) is 328 cm³/mol. The van der Waals surface area contributed by atoms with E-state index in [4.69, 9.17) is 14.2 Å². The van der Waals surface area contributed by atoms with E-state index in [2.05, 4.69) is 47.6 Å². The molecule has 3 heterocycles. The van der Waals surface area contributed by atoms with Crippen LogP contribution in [0, 0.1) is 23.7 Å². The minimum Gasteiger partial charge on any atom is -0.508 e. The lowest BCUT2D eigenvalue weighted by Gasteiger charge is -2.52. The molecule has 0 saturated heterocycles. The van der Waals surface area contributed by atoms with Crippen LogP contribution >= 0.6 is 43.2 Å². The third-order valence-electron chi connectivity index (χ3n) is 19.0. The van der Waals surface area contributed by atoms with Crippen molar-refractivity contribution in [3.63, 3.8) is 0 Å². The fraction of sp³-hybridized carbons (Fsp3) is 0.492. The van der Waals surface area contributed by atoms with Crippen LogP contribution in [0.1, 0.15) is 126 Å². The van der Waals surface area contributed by atoms with Crippen molar-refractivity contribution in [2.75, 3.05) is 44.8 Å². The number of aliphatic hydroxyl groups is 4. The second kappa shape index (κ2) is 25.4. The summed E-state index contributed by atoms with van der Waals surface area (Å²) in [7, 11) is 10.1. The number of methoxy groups -OCH3 is 1. The van der Waals surface area contributed by atoms with E-state index in [1.807, 2.05) is 55.8 Å². The van der Waals surface area contributed by atoms with E-state index in [1.54, 1.807) is 68.5 Å². The maximum Gasteiger partial charge on any atom is 0.186 e. The van der Waals surface area contributed by atoms with E-state index in [1.165, 1.54) is 0 Å². The average Bonchev–Trinajstić information content (AvgIpc) is 4.06. The van der Waals surface area contributed by atoms with E-state index in [-0.39, 0.29) is 47.6 Å². The van der Waals surface area contributed by atoms with Gasteiger partial charge in [0.05, 0.1) is 36.6 Å². The minimum atomic E-state index is -1.73. The Morgan fingerprint density at radius 1 is 0.852 bits per heavy atom. The molecule has 11 rings (SSSR count). The number of phenolic OH excluding ortho intramolecular Hbond substituents is 2. The molecular formula is C65H78N2O10S4. The van der Waals surface area contributed by atoms with Crippen molar-refractivity contribution in [2.45, 2.75) is 131 Å². The van der Waals surface area contributed by atoms with Crippen molar-refractivity contribution in [3.8, 4) is 28.7 Å². The number of Topliss-reactive ketones (excluding diaryl/α,β-unsaturated/α-hetero) is 1. The standard InChI is InChI=1S/C65H78N2O10S4/c1-4-39-14-15-40-11-9-12-49-57(33-68)81-80-35-45-27-58(72)65(47-28-46(29-48(70)30-47)64(66-2)21-7-8-22-64,52-36-79-78-34-43-10-5-6-13-54(43)77-56-26-42(52)17-19-55(56)76-37-69)63(74)60(45)61(73)44(24-38-20-23-67-32-38)25-41-16-18-53(71)62(75-3)51(41)31-50(39)59(40)49/h9,11-12,14-20,23,26,28-30,32,43-45,52,54,57-58,60-61,66-73H,4-8,10,13,21-22,24-25,27,31,33-37H2,1-3H3/t43-,44-,45+,52+,54+,57+,58-,60-,61+,65+/m1/s1. The summed E-state index contributed by atoms with van der Waals surface area (Å²) in [4.78, 5) is 20.8. The average molecular weight is 1180 g/mol. The molecule has 6 aromatic rings. The second-order valence-electron chi connectivity index (χ2n) is 23.2. The van der Waals surface area contributed by atoms with E-state index >= 15 is 4.79 Å². The van der Waals surface area contributed by atoms with Crippen LogP contribution < -0.4 is 19.5 Å². The Bertz CT molecular complexity index is 3170. The van der Waals surface area contributed by atoms with Crippen LogP contribution in [0.5, 0.6) is 28.7 Å². The van der Waals surface area contributed by atoms with E-state index in [0.717, 1.165) is 119 Å². The molecule has 3 fully saturated rings. The largest absolute Gasteiger partial charge is 0.508 e. The summed E-state index contributed by atoms with van der Waals surface area (Å²) in [6, 6.07) is 27.4. The first kappa shape index (κ1) is 58.3. The van der Waals surface area contributed by atoms with Crippen LogP contribution in [0.3, 0.4) is 0 Å². The van der Waals surface area contributed by atoms with Crippen LogP contribution in [-0.2, 0) is 41.4 Å². The second-order valence-corrected chi connectivity index (χ2v) is 28.4. The van der Waals surface area contributed by atoms with Gasteiger partial charge in [-0.1, -0.05) is 118 Å². The molecule has 0 radical (unpaired) electrons. The van der Waals surface area contributed by atoms with Gasteiger partial charge < -0.3 is 55.2 Å². The molecule has 0 unspecified atom stereocenters. The van der Waals surface area contributed by atoms with E-state index in [0.29, 0.717) is 53.6 Å². The van der Waals surface area contributed by atoms with Crippen molar-refractivity contribution in [1.29, 1.82) is 0 Å². The van der Waals surface area contributed by atoms with Crippen molar-refractivity contribution >= 4 is 59.7 Å². The molecule has 1 aromatic heterocycles. The number of carbonyl (C=O) groups excluding carboxylic acids is 1. The number of hydrogen-bond donors (Lipinski definition) is 8. The Balaban J connectivity index is 1.13. The van der Waals surface area contributed by atoms with Crippen LogP contribution in [0.2, 0.25) is 0 Å². The summed E-state index contributed by atoms with van der Waals surface area (Å²) in [6.45, 7) is 1.43.